The summed E-state index contributed by atoms with van der Waals surface area (Å²) in [5, 5.41) is 13.6. The summed E-state index contributed by atoms with van der Waals surface area (Å²) in [6.07, 6.45) is 0. The normalized spacial score (nSPS) is 9.88. The molecule has 0 aliphatic heterocycles. The van der Waals surface area contributed by atoms with Crippen molar-refractivity contribution in [3.05, 3.63) is 10.1 Å². The van der Waals surface area contributed by atoms with Crippen LogP contribution in [0, 0.1) is 10.1 Å². The second-order valence-electron chi connectivity index (χ2n) is 1.19. The van der Waals surface area contributed by atoms with Crippen LogP contribution in [0.1, 0.15) is 0 Å². The van der Waals surface area contributed by atoms with Crippen LogP contribution in [0.4, 0.5) is 0 Å². The van der Waals surface area contributed by atoms with Gasteiger partial charge >= 0.3 is 73.8 Å². The molecule has 16 heteroatoms. The molecule has 0 saturated heterocycles. The predicted molar refractivity (Wildman–Crippen MR) is 30.3 cm³/mol. The van der Waals surface area contributed by atoms with Gasteiger partial charge in [-0.05, 0) is 0 Å². The average Bonchev–Trinajstić information content (AvgIpc) is 1.79. The molecule has 16 heavy (non-hydrogen) atoms. The summed E-state index contributed by atoms with van der Waals surface area (Å²) < 4.78 is 61.5. The molecule has 0 bridgehead atoms. The van der Waals surface area contributed by atoms with Crippen molar-refractivity contribution in [1.82, 2.24) is 0 Å². The topological polar surface area (TPSA) is 196 Å². The van der Waals surface area contributed by atoms with Crippen LogP contribution < -0.4 is 51.4 Å². The van der Waals surface area contributed by atoms with E-state index < -0.39 is 25.9 Å². The van der Waals surface area contributed by atoms with Gasteiger partial charge in [0.2, 0.25) is 20.8 Å². The van der Waals surface area contributed by atoms with Crippen molar-refractivity contribution in [2.45, 2.75) is 0 Å². The van der Waals surface area contributed by atoms with E-state index in [1.165, 1.54) is 0 Å². The fourth-order valence-corrected chi connectivity index (χ4v) is 0.612. The van der Waals surface area contributed by atoms with E-state index in [2.05, 4.69) is 8.67 Å². The molecule has 1 N–H and O–H groups in total. The van der Waals surface area contributed by atoms with E-state index in [-0.39, 0.29) is 73.8 Å². The van der Waals surface area contributed by atoms with E-state index in [9.17, 15) is 25.9 Å². The van der Waals surface area contributed by atoms with Gasteiger partial charge in [-0.25, -0.2) is 16.8 Å². The van der Waals surface area contributed by atoms with Gasteiger partial charge in [-0.15, -0.1) is 18.8 Å². The van der Waals surface area contributed by atoms with E-state index in [1.807, 2.05) is 0 Å². The van der Waals surface area contributed by atoms with Gasteiger partial charge in [0.1, 0.15) is 0 Å². The third-order valence-corrected chi connectivity index (χ3v) is 0.750. The van der Waals surface area contributed by atoms with Gasteiger partial charge in [0.15, 0.2) is 0 Å². The second kappa shape index (κ2) is 11.4. The Hall–Kier alpha value is 1.32. The standard InChI is InChI=1S/Ag.K.HNO3.H2O8S2/c;;2-1(3)4;1-9(2,3)7-8-10(4,5)6/h;;(H,2,3,4);(H,1,2,3)(H,4,5,6)/q2*+1;;/p-2. The van der Waals surface area contributed by atoms with Crippen LogP contribution in [0.5, 0.6) is 0 Å². The molecule has 0 spiro atoms. The largest absolute Gasteiger partial charge is 1.00 e. The Balaban J connectivity index is -0.000000105. The number of nitrogens with zero attached hydrogens (tertiary/aromatic N) is 1. The molecule has 0 amide bonds. The summed E-state index contributed by atoms with van der Waals surface area (Å²) >= 11 is 0. The van der Waals surface area contributed by atoms with E-state index >= 15 is 0 Å². The number of rotatable bonds is 3. The molecule has 0 aromatic heterocycles. The maximum atomic E-state index is 9.37. The molecular formula is HAgKNO11S2. The minimum absolute atomic E-state index is 0. The van der Waals surface area contributed by atoms with Crippen molar-refractivity contribution in [3.8, 4) is 0 Å². The molecule has 0 aliphatic rings. The van der Waals surface area contributed by atoms with Gasteiger partial charge in [0, 0.05) is 0 Å². The van der Waals surface area contributed by atoms with Gasteiger partial charge in [-0.3, -0.25) is 0 Å². The third kappa shape index (κ3) is 45.4. The molecule has 0 aromatic carbocycles. The van der Waals surface area contributed by atoms with Crippen molar-refractivity contribution in [1.29, 1.82) is 0 Å². The molecule has 12 nitrogen and oxygen atoms in total. The van der Waals surface area contributed by atoms with E-state index in [0.717, 1.165) is 0 Å². The molecular weight excluding hydrogens is 401 g/mol. The Kier molecular flexibility index (Phi) is 18.5. The van der Waals surface area contributed by atoms with Crippen molar-refractivity contribution in [2.24, 2.45) is 0 Å². The molecule has 0 rings (SSSR count). The van der Waals surface area contributed by atoms with Crippen LogP contribution in [0.3, 0.4) is 0 Å². The van der Waals surface area contributed by atoms with E-state index in [4.69, 9.17) is 15.3 Å². The van der Waals surface area contributed by atoms with Crippen molar-refractivity contribution >= 4 is 20.8 Å². The molecule has 0 aliphatic carbocycles. The Morgan fingerprint density at radius 3 is 1.19 bits per heavy atom. The van der Waals surface area contributed by atoms with Crippen LogP contribution in [0.25, 0.3) is 0 Å². The van der Waals surface area contributed by atoms with Crippen molar-refractivity contribution < 1.29 is 119 Å². The van der Waals surface area contributed by atoms with Gasteiger partial charge in [0.25, 0.3) is 5.09 Å². The zero-order valence-corrected chi connectivity index (χ0v) is 13.3. The fourth-order valence-electron chi connectivity index (χ4n) is 0.0680. The van der Waals surface area contributed by atoms with Crippen molar-refractivity contribution in [3.63, 3.8) is 0 Å². The fraction of sp³-hybridized carbons (Fsp3) is 0. The second-order valence-corrected chi connectivity index (χ2v) is 3.10. The van der Waals surface area contributed by atoms with Gasteiger partial charge in [-0.1, -0.05) is 0 Å². The summed E-state index contributed by atoms with van der Waals surface area (Å²) in [5.41, 5.74) is 0. The van der Waals surface area contributed by atoms with Gasteiger partial charge in [0.05, 0.1) is 0 Å². The molecule has 0 atom stereocenters. The Morgan fingerprint density at radius 2 is 1.12 bits per heavy atom. The van der Waals surface area contributed by atoms with Crippen LogP contribution in [0.2, 0.25) is 0 Å². The first-order valence-electron chi connectivity index (χ1n) is 2.07. The quantitative estimate of drug-likeness (QED) is 0.118. The summed E-state index contributed by atoms with van der Waals surface area (Å²) in [5.74, 6) is 0. The zero-order valence-electron chi connectivity index (χ0n) is 7.09. The molecule has 0 aromatic rings. The molecule has 0 fully saturated rings. The maximum Gasteiger partial charge on any atom is 1.00 e. The minimum Gasteiger partial charge on any atom is -0.724 e. The number of hydrogen-bond donors (Lipinski definition) is 1. The SMILES string of the molecule is O=S(=O)([O-])OOS(=O)(=O)[O-].O=[N+]([O-])O.[Ag+].[K+]. The van der Waals surface area contributed by atoms with E-state index in [0.29, 0.717) is 0 Å². The van der Waals surface area contributed by atoms with Crippen LogP contribution >= 0.6 is 0 Å². The smallest absolute Gasteiger partial charge is 0.724 e. The molecule has 0 heterocycles. The molecule has 96 valence electrons. The molecule has 0 saturated carbocycles. The van der Waals surface area contributed by atoms with Gasteiger partial charge < -0.3 is 14.3 Å². The monoisotopic (exact) mass is 401 g/mol. The first kappa shape index (κ1) is 26.0. The zero-order chi connectivity index (χ0) is 12.0. The summed E-state index contributed by atoms with van der Waals surface area (Å²) in [6.45, 7) is 0. The third-order valence-electron chi connectivity index (χ3n) is 0.194. The number of hydrogen-bond acceptors (Lipinski definition) is 10. The molecule has 0 radical (unpaired) electrons. The maximum absolute atomic E-state index is 9.37. The summed E-state index contributed by atoms with van der Waals surface area (Å²) in [7, 11) is -10.6. The average molecular weight is 402 g/mol. The Bertz CT molecular complexity index is 331. The first-order chi connectivity index (χ1) is 5.94. The van der Waals surface area contributed by atoms with Gasteiger partial charge in [-0.2, -0.15) is 0 Å². The Morgan fingerprint density at radius 1 is 1.00 bits per heavy atom. The van der Waals surface area contributed by atoms with Crippen molar-refractivity contribution in [2.75, 3.05) is 0 Å². The summed E-state index contributed by atoms with van der Waals surface area (Å²) in [6, 6.07) is 0. The predicted octanol–water partition coefficient (Wildman–Crippen LogP) is -5.49. The van der Waals surface area contributed by atoms with Crippen LogP contribution in [0.15, 0.2) is 0 Å². The molecule has 0 unspecified atom stereocenters. The van der Waals surface area contributed by atoms with Crippen LogP contribution in [-0.2, 0) is 51.8 Å². The summed E-state index contributed by atoms with van der Waals surface area (Å²) in [4.78, 5) is 8.36. The Labute approximate surface area is 147 Å². The van der Waals surface area contributed by atoms with Crippen LogP contribution in [-0.4, -0.2) is 36.2 Å². The van der Waals surface area contributed by atoms with E-state index in [1.54, 1.807) is 0 Å². The minimum atomic E-state index is -5.31. The first-order valence-corrected chi connectivity index (χ1v) is 4.73.